The molecule has 0 aliphatic carbocycles. The van der Waals surface area contributed by atoms with Gasteiger partial charge in [0.15, 0.2) is 20.0 Å². The molecule has 15 heavy (non-hydrogen) atoms. The summed E-state index contributed by atoms with van der Waals surface area (Å²) in [6.07, 6.45) is 0. The van der Waals surface area contributed by atoms with Gasteiger partial charge in [0.25, 0.3) is 0 Å². The van der Waals surface area contributed by atoms with Gasteiger partial charge in [-0.05, 0) is 31.8 Å². The van der Waals surface area contributed by atoms with Crippen LogP contribution in [0.2, 0.25) is 19.6 Å². The lowest BCUT2D eigenvalue weighted by Gasteiger charge is -2.17. The maximum atomic E-state index is 13.2. The summed E-state index contributed by atoms with van der Waals surface area (Å²) in [7, 11) is -1.86. The molecule has 0 bridgehead atoms. The summed E-state index contributed by atoms with van der Waals surface area (Å²) in [6, 6.07) is 1.67. The third-order valence-corrected chi connectivity index (χ3v) is 2.80. The molecule has 0 aliphatic heterocycles. The second-order valence-electron chi connectivity index (χ2n) is 4.22. The van der Waals surface area contributed by atoms with E-state index in [-0.39, 0.29) is 12.2 Å². The second kappa shape index (κ2) is 4.36. The number of rotatable bonds is 3. The quantitative estimate of drug-likeness (QED) is 0.575. The van der Waals surface area contributed by atoms with Gasteiger partial charge < -0.3 is 4.43 Å². The summed E-state index contributed by atoms with van der Waals surface area (Å²) in [5, 5.41) is 0. The average molecular weight is 234 g/mol. The molecule has 5 heteroatoms. The Hall–Kier alpha value is -0.813. The van der Waals surface area contributed by atoms with Crippen LogP contribution in [0.1, 0.15) is 5.56 Å². The van der Waals surface area contributed by atoms with Crippen LogP contribution in [0.3, 0.4) is 0 Å². The highest BCUT2D eigenvalue weighted by Crippen LogP contribution is 2.18. The van der Waals surface area contributed by atoms with Crippen molar-refractivity contribution in [2.45, 2.75) is 26.2 Å². The minimum absolute atomic E-state index is 0.217. The fourth-order valence-corrected chi connectivity index (χ4v) is 1.57. The Balaban J connectivity index is 2.90. The highest BCUT2D eigenvalue weighted by molar-refractivity contribution is 6.69. The molecule has 0 spiro atoms. The van der Waals surface area contributed by atoms with Crippen molar-refractivity contribution in [1.82, 2.24) is 0 Å². The van der Waals surface area contributed by atoms with Gasteiger partial charge >= 0.3 is 0 Å². The van der Waals surface area contributed by atoms with Gasteiger partial charge in [-0.2, -0.15) is 0 Å². The molecule has 0 amide bonds. The van der Waals surface area contributed by atoms with Gasteiger partial charge in [0.05, 0.1) is 12.2 Å². The maximum absolute atomic E-state index is 13.2. The Kier molecular flexibility index (Phi) is 3.57. The molecule has 0 aromatic heterocycles. The first-order valence-electron chi connectivity index (χ1n) is 4.57. The molecule has 1 rings (SSSR count). The van der Waals surface area contributed by atoms with Crippen LogP contribution < -0.4 is 0 Å². The van der Waals surface area contributed by atoms with Crippen LogP contribution in [0.4, 0.5) is 13.2 Å². The summed E-state index contributed by atoms with van der Waals surface area (Å²) in [5.41, 5.74) is -0.336. The Morgan fingerprint density at radius 1 is 1.07 bits per heavy atom. The van der Waals surface area contributed by atoms with Gasteiger partial charge in [-0.15, -0.1) is 0 Å². The zero-order valence-corrected chi connectivity index (χ0v) is 9.90. The molecule has 0 fully saturated rings. The van der Waals surface area contributed by atoms with Crippen LogP contribution in [0, 0.1) is 17.5 Å². The zero-order valence-electron chi connectivity index (χ0n) is 8.90. The van der Waals surface area contributed by atoms with Gasteiger partial charge in [0.1, 0.15) is 5.82 Å². The monoisotopic (exact) mass is 234 g/mol. The molecular weight excluding hydrogens is 221 g/mol. The van der Waals surface area contributed by atoms with Crippen LogP contribution in [0.15, 0.2) is 12.1 Å². The number of hydrogen-bond donors (Lipinski definition) is 0. The fraction of sp³-hybridized carbons (Fsp3) is 0.400. The standard InChI is InChI=1S/C10H13F3OSi/c1-15(2,3)14-6-7-8(11)4-5-9(12)10(7)13/h4-5H,6H2,1-3H3. The van der Waals surface area contributed by atoms with Crippen LogP contribution in [-0.2, 0) is 11.0 Å². The first-order chi connectivity index (χ1) is 6.81. The van der Waals surface area contributed by atoms with Crippen molar-refractivity contribution < 1.29 is 17.6 Å². The zero-order chi connectivity index (χ0) is 11.6. The lowest BCUT2D eigenvalue weighted by Crippen LogP contribution is -2.25. The number of halogens is 3. The lowest BCUT2D eigenvalue weighted by molar-refractivity contribution is 0.283. The molecule has 84 valence electrons. The molecule has 1 aromatic rings. The molecule has 0 saturated heterocycles. The first kappa shape index (κ1) is 12.3. The largest absolute Gasteiger partial charge is 0.413 e. The van der Waals surface area contributed by atoms with E-state index in [1.165, 1.54) is 0 Å². The number of hydrogen-bond acceptors (Lipinski definition) is 1. The van der Waals surface area contributed by atoms with Crippen molar-refractivity contribution in [3.8, 4) is 0 Å². The van der Waals surface area contributed by atoms with Crippen molar-refractivity contribution in [1.29, 1.82) is 0 Å². The Morgan fingerprint density at radius 2 is 1.60 bits per heavy atom. The van der Waals surface area contributed by atoms with E-state index in [9.17, 15) is 13.2 Å². The summed E-state index contributed by atoms with van der Waals surface area (Å²) in [6.45, 7) is 5.46. The van der Waals surface area contributed by atoms with Crippen LogP contribution >= 0.6 is 0 Å². The predicted molar refractivity (Wildman–Crippen MR) is 54.5 cm³/mol. The van der Waals surface area contributed by atoms with Crippen LogP contribution in [-0.4, -0.2) is 8.32 Å². The molecule has 0 saturated carbocycles. The summed E-state index contributed by atoms with van der Waals surface area (Å²) in [5.74, 6) is -2.98. The van der Waals surface area contributed by atoms with E-state index < -0.39 is 25.8 Å². The van der Waals surface area contributed by atoms with E-state index in [0.717, 1.165) is 12.1 Å². The molecular formula is C10H13F3OSi. The van der Waals surface area contributed by atoms with Crippen molar-refractivity contribution in [2.75, 3.05) is 0 Å². The highest BCUT2D eigenvalue weighted by Gasteiger charge is 2.19. The van der Waals surface area contributed by atoms with Gasteiger partial charge in [-0.25, -0.2) is 13.2 Å². The van der Waals surface area contributed by atoms with E-state index in [2.05, 4.69) is 0 Å². The SMILES string of the molecule is C[Si](C)(C)OCc1c(F)ccc(F)c1F. The van der Waals surface area contributed by atoms with E-state index in [1.807, 2.05) is 19.6 Å². The third kappa shape index (κ3) is 3.35. The average Bonchev–Trinajstić information content (AvgIpc) is 2.10. The fourth-order valence-electron chi connectivity index (χ4n) is 0.990. The molecule has 0 N–H and O–H groups in total. The molecule has 0 radical (unpaired) electrons. The minimum atomic E-state index is -1.86. The first-order valence-corrected chi connectivity index (χ1v) is 7.98. The normalized spacial score (nSPS) is 11.9. The van der Waals surface area contributed by atoms with Gasteiger partial charge in [-0.3, -0.25) is 0 Å². The number of benzene rings is 1. The molecule has 1 aromatic carbocycles. The van der Waals surface area contributed by atoms with Crippen molar-refractivity contribution in [3.63, 3.8) is 0 Å². The van der Waals surface area contributed by atoms with E-state index in [0.29, 0.717) is 0 Å². The molecule has 0 heterocycles. The van der Waals surface area contributed by atoms with Gasteiger partial charge in [0, 0.05) is 0 Å². The smallest absolute Gasteiger partial charge is 0.184 e. The molecule has 0 atom stereocenters. The van der Waals surface area contributed by atoms with Crippen molar-refractivity contribution in [2.24, 2.45) is 0 Å². The minimum Gasteiger partial charge on any atom is -0.413 e. The van der Waals surface area contributed by atoms with E-state index in [4.69, 9.17) is 4.43 Å². The Labute approximate surface area is 88.0 Å². The van der Waals surface area contributed by atoms with Crippen molar-refractivity contribution >= 4 is 8.32 Å². The maximum Gasteiger partial charge on any atom is 0.184 e. The van der Waals surface area contributed by atoms with Crippen molar-refractivity contribution in [3.05, 3.63) is 35.1 Å². The third-order valence-electron chi connectivity index (χ3n) is 1.79. The summed E-state index contributed by atoms with van der Waals surface area (Å²) >= 11 is 0. The lowest BCUT2D eigenvalue weighted by atomic mass is 10.2. The molecule has 0 aliphatic rings. The van der Waals surface area contributed by atoms with E-state index >= 15 is 0 Å². The second-order valence-corrected chi connectivity index (χ2v) is 8.74. The van der Waals surface area contributed by atoms with E-state index in [1.54, 1.807) is 0 Å². The topological polar surface area (TPSA) is 9.23 Å². The predicted octanol–water partition coefficient (Wildman–Crippen LogP) is 3.46. The summed E-state index contributed by atoms with van der Waals surface area (Å²) in [4.78, 5) is 0. The van der Waals surface area contributed by atoms with Crippen LogP contribution in [0.25, 0.3) is 0 Å². The van der Waals surface area contributed by atoms with Gasteiger partial charge in [-0.1, -0.05) is 0 Å². The Bertz CT molecular complexity index is 360. The molecule has 1 nitrogen and oxygen atoms in total. The summed E-state index contributed by atoms with van der Waals surface area (Å²) < 4.78 is 44.4. The molecule has 0 unspecified atom stereocenters. The highest BCUT2D eigenvalue weighted by atomic mass is 28.4. The van der Waals surface area contributed by atoms with Crippen LogP contribution in [0.5, 0.6) is 0 Å². The van der Waals surface area contributed by atoms with Gasteiger partial charge in [0.2, 0.25) is 0 Å². The Morgan fingerprint density at radius 3 is 2.13 bits per heavy atom.